The van der Waals surface area contributed by atoms with Crippen LogP contribution in [0.3, 0.4) is 0 Å². The first-order valence-corrected chi connectivity index (χ1v) is 8.64. The first kappa shape index (κ1) is 17.9. The molecule has 0 fully saturated rings. The minimum atomic E-state index is -0.605. The van der Waals surface area contributed by atoms with Crippen LogP contribution < -0.4 is 24.6 Å². The molecule has 0 unspecified atom stereocenters. The normalized spacial score (nSPS) is 15.7. The number of benzene rings is 2. The Labute approximate surface area is 160 Å². The number of carbonyl (C=O) groups is 1. The fraction of sp³-hybridized carbons (Fsp3) is 0.238. The van der Waals surface area contributed by atoms with Gasteiger partial charge in [-0.15, -0.1) is 0 Å². The van der Waals surface area contributed by atoms with Gasteiger partial charge in [-0.2, -0.15) is 0 Å². The number of para-hydroxylation sites is 1. The summed E-state index contributed by atoms with van der Waals surface area (Å²) in [5.41, 5.74) is 0.700. The lowest BCUT2D eigenvalue weighted by Crippen LogP contribution is -2.27. The van der Waals surface area contributed by atoms with Crippen molar-refractivity contribution in [1.82, 2.24) is 0 Å². The van der Waals surface area contributed by atoms with E-state index in [9.17, 15) is 9.59 Å². The molecule has 2 heterocycles. The Kier molecular flexibility index (Phi) is 4.43. The molecule has 7 heteroatoms. The molecule has 28 heavy (non-hydrogen) atoms. The number of carbonyl (C=O) groups excluding carboxylic acids is 1. The van der Waals surface area contributed by atoms with Gasteiger partial charge in [0.05, 0.1) is 38.7 Å². The van der Waals surface area contributed by atoms with Crippen molar-refractivity contribution in [3.8, 4) is 23.0 Å². The van der Waals surface area contributed by atoms with Crippen molar-refractivity contribution < 1.29 is 28.2 Å². The number of hydrogen-bond donors (Lipinski definition) is 0. The van der Waals surface area contributed by atoms with Gasteiger partial charge in [-0.1, -0.05) is 18.2 Å². The molecule has 0 aliphatic carbocycles. The summed E-state index contributed by atoms with van der Waals surface area (Å²) in [5.74, 6) is 0.433. The van der Waals surface area contributed by atoms with Gasteiger partial charge in [0, 0.05) is 11.5 Å². The van der Waals surface area contributed by atoms with Crippen LogP contribution in [0.25, 0.3) is 11.0 Å². The average molecular weight is 382 g/mol. The van der Waals surface area contributed by atoms with Gasteiger partial charge in [-0.25, -0.2) is 4.79 Å². The van der Waals surface area contributed by atoms with Gasteiger partial charge in [-0.3, -0.25) is 4.79 Å². The van der Waals surface area contributed by atoms with Gasteiger partial charge in [0.25, 0.3) is 0 Å². The monoisotopic (exact) mass is 382 g/mol. The average Bonchev–Trinajstić information content (AvgIpc) is 2.71. The van der Waals surface area contributed by atoms with Crippen molar-refractivity contribution in [3.63, 3.8) is 0 Å². The molecule has 144 valence electrons. The zero-order valence-corrected chi connectivity index (χ0v) is 15.6. The van der Waals surface area contributed by atoms with Crippen molar-refractivity contribution in [2.45, 2.75) is 12.3 Å². The molecule has 7 nitrogen and oxygen atoms in total. The van der Waals surface area contributed by atoms with Crippen molar-refractivity contribution in [1.29, 1.82) is 0 Å². The number of ether oxygens (including phenoxy) is 4. The smallest absolute Gasteiger partial charge is 0.343 e. The summed E-state index contributed by atoms with van der Waals surface area (Å²) < 4.78 is 27.2. The minimum Gasteiger partial charge on any atom is -0.493 e. The maximum atomic E-state index is 12.8. The number of hydrogen-bond acceptors (Lipinski definition) is 7. The van der Waals surface area contributed by atoms with E-state index >= 15 is 0 Å². The third-order valence-electron chi connectivity index (χ3n) is 4.84. The Hall–Kier alpha value is -3.48. The Morgan fingerprint density at radius 2 is 1.68 bits per heavy atom. The lowest BCUT2D eigenvalue weighted by Gasteiger charge is -2.26. The highest BCUT2D eigenvalue weighted by atomic mass is 16.5. The molecule has 3 aromatic rings. The zero-order valence-electron chi connectivity index (χ0n) is 15.6. The largest absolute Gasteiger partial charge is 0.493 e. The van der Waals surface area contributed by atoms with Gasteiger partial charge in [-0.05, 0) is 18.2 Å². The topological polar surface area (TPSA) is 84.2 Å². The SMILES string of the molecule is COc1ccc([C@H]2CC(=O)Oc3c2c(=O)oc2ccccc32)c(OC)c1OC. The molecular weight excluding hydrogens is 364 g/mol. The molecule has 1 aliphatic rings. The lowest BCUT2D eigenvalue weighted by molar-refractivity contribution is -0.135. The Morgan fingerprint density at radius 1 is 0.929 bits per heavy atom. The molecular formula is C21H18O7. The molecule has 0 saturated carbocycles. The summed E-state index contributed by atoms with van der Waals surface area (Å²) in [6.07, 6.45) is -0.0258. The molecule has 1 aliphatic heterocycles. The van der Waals surface area contributed by atoms with Crippen molar-refractivity contribution in [3.05, 3.63) is 57.9 Å². The number of rotatable bonds is 4. The lowest BCUT2D eigenvalue weighted by atomic mass is 9.86. The summed E-state index contributed by atoms with van der Waals surface area (Å²) in [6.45, 7) is 0. The second kappa shape index (κ2) is 6.92. The molecule has 0 radical (unpaired) electrons. The summed E-state index contributed by atoms with van der Waals surface area (Å²) in [5, 5.41) is 0.564. The summed E-state index contributed by atoms with van der Waals surface area (Å²) in [4.78, 5) is 25.2. The fourth-order valence-electron chi connectivity index (χ4n) is 3.63. The van der Waals surface area contributed by atoms with Crippen LogP contribution in [0.5, 0.6) is 23.0 Å². The second-order valence-electron chi connectivity index (χ2n) is 6.28. The van der Waals surface area contributed by atoms with E-state index in [0.717, 1.165) is 0 Å². The second-order valence-corrected chi connectivity index (χ2v) is 6.28. The first-order chi connectivity index (χ1) is 13.6. The van der Waals surface area contributed by atoms with Gasteiger partial charge in [0.15, 0.2) is 17.2 Å². The maximum Gasteiger partial charge on any atom is 0.343 e. The molecule has 2 aromatic carbocycles. The number of fused-ring (bicyclic) bond motifs is 3. The molecule has 0 saturated heterocycles. The summed E-state index contributed by atoms with van der Waals surface area (Å²) in [6, 6.07) is 10.4. The Balaban J connectivity index is 2.01. The molecule has 0 bridgehead atoms. The van der Waals surface area contributed by atoms with Crippen LogP contribution in [-0.4, -0.2) is 27.3 Å². The molecule has 4 rings (SSSR count). The maximum absolute atomic E-state index is 12.8. The highest BCUT2D eigenvalue weighted by Gasteiger charge is 2.36. The highest BCUT2D eigenvalue weighted by molar-refractivity contribution is 5.90. The van der Waals surface area contributed by atoms with Gasteiger partial charge < -0.3 is 23.4 Å². The molecule has 0 N–H and O–H groups in total. The van der Waals surface area contributed by atoms with Gasteiger partial charge in [0.2, 0.25) is 5.75 Å². The Bertz CT molecular complexity index is 1130. The summed E-state index contributed by atoms with van der Waals surface area (Å²) >= 11 is 0. The third kappa shape index (κ3) is 2.67. The third-order valence-corrected chi connectivity index (χ3v) is 4.84. The highest BCUT2D eigenvalue weighted by Crippen LogP contribution is 2.48. The number of methoxy groups -OCH3 is 3. The van der Waals surface area contributed by atoms with Crippen LogP contribution in [0, 0.1) is 0 Å². The van der Waals surface area contributed by atoms with E-state index in [2.05, 4.69) is 0 Å². The quantitative estimate of drug-likeness (QED) is 0.506. The van der Waals surface area contributed by atoms with E-state index in [0.29, 0.717) is 33.8 Å². The first-order valence-electron chi connectivity index (χ1n) is 8.64. The van der Waals surface area contributed by atoms with Crippen LogP contribution in [0.1, 0.15) is 23.5 Å². The fourth-order valence-corrected chi connectivity index (χ4v) is 3.63. The van der Waals surface area contributed by atoms with Crippen molar-refractivity contribution in [2.75, 3.05) is 21.3 Å². The van der Waals surface area contributed by atoms with Gasteiger partial charge in [0.1, 0.15) is 5.58 Å². The predicted octanol–water partition coefficient (Wildman–Crippen LogP) is 3.26. The van der Waals surface area contributed by atoms with Crippen LogP contribution >= 0.6 is 0 Å². The van der Waals surface area contributed by atoms with E-state index in [1.165, 1.54) is 21.3 Å². The van der Waals surface area contributed by atoms with E-state index in [-0.39, 0.29) is 17.7 Å². The van der Waals surface area contributed by atoms with E-state index in [1.54, 1.807) is 36.4 Å². The van der Waals surface area contributed by atoms with Crippen LogP contribution in [0.15, 0.2) is 45.6 Å². The van der Waals surface area contributed by atoms with Crippen molar-refractivity contribution in [2.24, 2.45) is 0 Å². The van der Waals surface area contributed by atoms with Crippen LogP contribution in [-0.2, 0) is 4.79 Å². The standard InChI is InChI=1S/C21H18O7/c1-24-15-9-8-11(19(25-2)20(15)26-3)13-10-16(22)28-18-12-6-4-5-7-14(12)27-21(23)17(13)18/h4-9,13H,10H2,1-3H3/t13-/m1/s1. The Morgan fingerprint density at radius 3 is 2.39 bits per heavy atom. The van der Waals surface area contributed by atoms with Crippen LogP contribution in [0.2, 0.25) is 0 Å². The molecule has 0 spiro atoms. The summed E-state index contributed by atoms with van der Waals surface area (Å²) in [7, 11) is 4.51. The molecule has 1 aromatic heterocycles. The van der Waals surface area contributed by atoms with E-state index in [4.69, 9.17) is 23.4 Å². The predicted molar refractivity (Wildman–Crippen MR) is 101 cm³/mol. The van der Waals surface area contributed by atoms with Crippen molar-refractivity contribution >= 4 is 16.9 Å². The zero-order chi connectivity index (χ0) is 19.8. The molecule has 1 atom stereocenters. The van der Waals surface area contributed by atoms with Gasteiger partial charge >= 0.3 is 11.6 Å². The minimum absolute atomic E-state index is 0.0258. The van der Waals surface area contributed by atoms with E-state index < -0.39 is 17.5 Å². The molecule has 0 amide bonds. The van der Waals surface area contributed by atoms with E-state index in [1.807, 2.05) is 0 Å². The van der Waals surface area contributed by atoms with Crippen LogP contribution in [0.4, 0.5) is 0 Å². The number of esters is 1.